The van der Waals surface area contributed by atoms with Gasteiger partial charge in [-0.25, -0.2) is 9.97 Å². The Balaban J connectivity index is 1.91. The molecule has 0 unspecified atom stereocenters. The number of ether oxygens (including phenoxy) is 1. The number of hydrogen-bond donors (Lipinski definition) is 1. The molecule has 1 aromatic rings. The average Bonchev–Trinajstić information content (AvgIpc) is 2.39. The van der Waals surface area contributed by atoms with Gasteiger partial charge < -0.3 is 10.1 Å². The lowest BCUT2D eigenvalue weighted by Crippen LogP contribution is -2.22. The summed E-state index contributed by atoms with van der Waals surface area (Å²) in [4.78, 5) is 8.49. The molecule has 0 bridgehead atoms. The van der Waals surface area contributed by atoms with Crippen LogP contribution in [-0.2, 0) is 4.74 Å². The normalized spacial score (nSPS) is 10.8. The number of aromatic nitrogens is 2. The first-order valence-corrected chi connectivity index (χ1v) is 7.51. The second kappa shape index (κ2) is 10.3. The topological polar surface area (TPSA) is 47.0 Å². The van der Waals surface area contributed by atoms with Crippen LogP contribution in [0, 0.1) is 6.92 Å². The van der Waals surface area contributed by atoms with Gasteiger partial charge in [0.15, 0.2) is 5.16 Å². The van der Waals surface area contributed by atoms with Gasteiger partial charge in [-0.2, -0.15) is 0 Å². The Hall–Kier alpha value is -0.650. The number of unbranched alkanes of at least 4 members (excludes halogenated alkanes) is 1. The van der Waals surface area contributed by atoms with Crippen molar-refractivity contribution in [2.75, 3.05) is 32.1 Å². The van der Waals surface area contributed by atoms with E-state index in [2.05, 4.69) is 22.2 Å². The van der Waals surface area contributed by atoms with E-state index in [1.165, 1.54) is 6.42 Å². The van der Waals surface area contributed by atoms with Gasteiger partial charge in [-0.15, -0.1) is 0 Å². The molecule has 0 atom stereocenters. The van der Waals surface area contributed by atoms with Crippen LogP contribution in [0.15, 0.2) is 17.6 Å². The Morgan fingerprint density at radius 3 is 2.72 bits per heavy atom. The van der Waals surface area contributed by atoms with Crippen molar-refractivity contribution >= 4 is 11.8 Å². The standard InChI is InChI=1S/C13H23N3OS/c1-3-4-7-17-8-5-14-6-9-18-13-15-10-12(2)11-16-13/h10-11,14H,3-9H2,1-2H3. The number of hydrogen-bond acceptors (Lipinski definition) is 5. The van der Waals surface area contributed by atoms with E-state index in [1.54, 1.807) is 11.8 Å². The minimum atomic E-state index is 0.797. The molecule has 1 aromatic heterocycles. The third-order valence-corrected chi connectivity index (χ3v) is 3.21. The Morgan fingerprint density at radius 1 is 1.22 bits per heavy atom. The largest absolute Gasteiger partial charge is 0.380 e. The molecule has 0 saturated heterocycles. The Bertz CT molecular complexity index is 306. The van der Waals surface area contributed by atoms with Crippen molar-refractivity contribution in [2.24, 2.45) is 0 Å². The van der Waals surface area contributed by atoms with Gasteiger partial charge in [0.05, 0.1) is 6.61 Å². The van der Waals surface area contributed by atoms with Crippen LogP contribution in [0.25, 0.3) is 0 Å². The zero-order valence-corrected chi connectivity index (χ0v) is 12.1. The molecule has 0 spiro atoms. The number of aryl methyl sites for hydroxylation is 1. The summed E-state index contributed by atoms with van der Waals surface area (Å²) in [5.74, 6) is 0.984. The third kappa shape index (κ3) is 7.63. The van der Waals surface area contributed by atoms with E-state index in [0.717, 1.165) is 49.2 Å². The zero-order chi connectivity index (χ0) is 13.1. The van der Waals surface area contributed by atoms with Crippen LogP contribution >= 0.6 is 11.8 Å². The molecule has 0 radical (unpaired) electrons. The molecule has 0 aliphatic rings. The highest BCUT2D eigenvalue weighted by atomic mass is 32.2. The predicted octanol–water partition coefficient (Wildman–Crippen LogP) is 2.28. The summed E-state index contributed by atoms with van der Waals surface area (Å²) >= 11 is 1.68. The minimum absolute atomic E-state index is 0.797. The summed E-state index contributed by atoms with van der Waals surface area (Å²) in [5, 5.41) is 4.19. The Morgan fingerprint density at radius 2 is 2.00 bits per heavy atom. The van der Waals surface area contributed by atoms with Crippen LogP contribution in [-0.4, -0.2) is 42.0 Å². The minimum Gasteiger partial charge on any atom is -0.380 e. The molecule has 0 aromatic carbocycles. The maximum atomic E-state index is 5.46. The molecule has 0 saturated carbocycles. The fraction of sp³-hybridized carbons (Fsp3) is 0.692. The quantitative estimate of drug-likeness (QED) is 0.401. The molecule has 0 aliphatic heterocycles. The molecule has 5 heteroatoms. The van der Waals surface area contributed by atoms with Crippen LogP contribution in [0.3, 0.4) is 0 Å². The monoisotopic (exact) mass is 269 g/mol. The van der Waals surface area contributed by atoms with Gasteiger partial charge in [-0.1, -0.05) is 25.1 Å². The summed E-state index contributed by atoms with van der Waals surface area (Å²) in [6.07, 6.45) is 6.05. The second-order valence-electron chi connectivity index (χ2n) is 4.11. The van der Waals surface area contributed by atoms with Crippen molar-refractivity contribution in [3.63, 3.8) is 0 Å². The highest BCUT2D eigenvalue weighted by Crippen LogP contribution is 2.10. The number of rotatable bonds is 10. The maximum absolute atomic E-state index is 5.46. The Kier molecular flexibility index (Phi) is 8.81. The van der Waals surface area contributed by atoms with Gasteiger partial charge in [0, 0.05) is 37.8 Å². The van der Waals surface area contributed by atoms with E-state index in [0.29, 0.717) is 0 Å². The van der Waals surface area contributed by atoms with Gasteiger partial charge in [-0.05, 0) is 18.9 Å². The highest BCUT2D eigenvalue weighted by Gasteiger charge is 1.96. The number of thioether (sulfide) groups is 1. The van der Waals surface area contributed by atoms with Crippen LogP contribution in [0.1, 0.15) is 25.3 Å². The Labute approximate surface area is 114 Å². The first-order chi connectivity index (χ1) is 8.83. The molecule has 0 fully saturated rings. The maximum Gasteiger partial charge on any atom is 0.187 e. The van der Waals surface area contributed by atoms with E-state index >= 15 is 0 Å². The molecule has 0 amide bonds. The van der Waals surface area contributed by atoms with E-state index in [1.807, 2.05) is 19.3 Å². The fourth-order valence-electron chi connectivity index (χ4n) is 1.29. The van der Waals surface area contributed by atoms with Crippen molar-refractivity contribution in [2.45, 2.75) is 31.8 Å². The fourth-order valence-corrected chi connectivity index (χ4v) is 1.97. The summed E-state index contributed by atoms with van der Waals surface area (Å²) < 4.78 is 5.46. The number of nitrogens with one attached hydrogen (secondary N) is 1. The van der Waals surface area contributed by atoms with E-state index in [-0.39, 0.29) is 0 Å². The molecule has 18 heavy (non-hydrogen) atoms. The molecular weight excluding hydrogens is 246 g/mol. The van der Waals surface area contributed by atoms with Gasteiger partial charge in [0.2, 0.25) is 0 Å². The van der Waals surface area contributed by atoms with Crippen LogP contribution in [0.5, 0.6) is 0 Å². The summed E-state index contributed by atoms with van der Waals surface area (Å²) in [7, 11) is 0. The predicted molar refractivity (Wildman–Crippen MR) is 76.1 cm³/mol. The smallest absolute Gasteiger partial charge is 0.187 e. The van der Waals surface area contributed by atoms with E-state index < -0.39 is 0 Å². The first kappa shape index (κ1) is 15.4. The van der Waals surface area contributed by atoms with Crippen LogP contribution in [0.4, 0.5) is 0 Å². The summed E-state index contributed by atoms with van der Waals surface area (Å²) in [6, 6.07) is 0. The van der Waals surface area contributed by atoms with Gasteiger partial charge >= 0.3 is 0 Å². The third-order valence-electron chi connectivity index (χ3n) is 2.33. The summed E-state index contributed by atoms with van der Waals surface area (Å²) in [6.45, 7) is 7.72. The van der Waals surface area contributed by atoms with Crippen LogP contribution in [0.2, 0.25) is 0 Å². The molecule has 1 heterocycles. The molecule has 1 N–H and O–H groups in total. The molecule has 0 aliphatic carbocycles. The molecule has 1 rings (SSSR count). The van der Waals surface area contributed by atoms with E-state index in [4.69, 9.17) is 4.74 Å². The molecular formula is C13H23N3OS. The SMILES string of the molecule is CCCCOCCNCCSc1ncc(C)cn1. The van der Waals surface area contributed by atoms with Crippen molar-refractivity contribution < 1.29 is 4.74 Å². The second-order valence-corrected chi connectivity index (χ2v) is 5.17. The van der Waals surface area contributed by atoms with Gasteiger partial charge in [-0.3, -0.25) is 0 Å². The lowest BCUT2D eigenvalue weighted by Gasteiger charge is -2.05. The summed E-state index contributed by atoms with van der Waals surface area (Å²) in [5.41, 5.74) is 1.10. The lowest BCUT2D eigenvalue weighted by atomic mass is 10.4. The van der Waals surface area contributed by atoms with Crippen molar-refractivity contribution in [1.29, 1.82) is 0 Å². The van der Waals surface area contributed by atoms with Crippen molar-refractivity contribution in [3.05, 3.63) is 18.0 Å². The van der Waals surface area contributed by atoms with Crippen molar-refractivity contribution in [1.82, 2.24) is 15.3 Å². The van der Waals surface area contributed by atoms with Gasteiger partial charge in [0.1, 0.15) is 0 Å². The lowest BCUT2D eigenvalue weighted by molar-refractivity contribution is 0.133. The zero-order valence-electron chi connectivity index (χ0n) is 11.3. The van der Waals surface area contributed by atoms with Crippen molar-refractivity contribution in [3.8, 4) is 0 Å². The average molecular weight is 269 g/mol. The van der Waals surface area contributed by atoms with E-state index in [9.17, 15) is 0 Å². The van der Waals surface area contributed by atoms with Crippen LogP contribution < -0.4 is 5.32 Å². The highest BCUT2D eigenvalue weighted by molar-refractivity contribution is 7.99. The molecule has 4 nitrogen and oxygen atoms in total. The van der Waals surface area contributed by atoms with Gasteiger partial charge in [0.25, 0.3) is 0 Å². The first-order valence-electron chi connectivity index (χ1n) is 6.53. The molecule has 102 valence electrons. The number of nitrogens with zero attached hydrogens (tertiary/aromatic N) is 2.